The van der Waals surface area contributed by atoms with E-state index in [0.29, 0.717) is 18.3 Å². The zero-order valence-electron chi connectivity index (χ0n) is 18.4. The van der Waals surface area contributed by atoms with Gasteiger partial charge in [-0.1, -0.05) is 18.6 Å². The number of hydrogen-bond acceptors (Lipinski definition) is 4. The summed E-state index contributed by atoms with van der Waals surface area (Å²) in [4.78, 5) is 2.56. The molecule has 7 heteroatoms. The van der Waals surface area contributed by atoms with E-state index in [1.807, 2.05) is 12.1 Å². The minimum Gasteiger partial charge on any atom is -0.497 e. The number of halogens is 3. The van der Waals surface area contributed by atoms with Gasteiger partial charge in [-0.15, -0.1) is 13.2 Å². The van der Waals surface area contributed by atoms with Crippen molar-refractivity contribution in [3.05, 3.63) is 54.1 Å². The van der Waals surface area contributed by atoms with E-state index in [-0.39, 0.29) is 11.2 Å². The third-order valence-electron chi connectivity index (χ3n) is 6.69. The molecule has 4 nitrogen and oxygen atoms in total. The molecule has 1 heterocycles. The quantitative estimate of drug-likeness (QED) is 0.509. The lowest BCUT2D eigenvalue weighted by atomic mass is 9.64. The highest BCUT2D eigenvalue weighted by Gasteiger charge is 2.40. The fourth-order valence-corrected chi connectivity index (χ4v) is 4.90. The Labute approximate surface area is 187 Å². The Hall–Kier alpha value is -2.41. The van der Waals surface area contributed by atoms with E-state index < -0.39 is 6.36 Å². The highest BCUT2D eigenvalue weighted by atomic mass is 19.4. The Bertz CT molecular complexity index is 863. The zero-order chi connectivity index (χ0) is 22.6. The summed E-state index contributed by atoms with van der Waals surface area (Å²) in [5.41, 5.74) is 1.62. The van der Waals surface area contributed by atoms with E-state index in [2.05, 4.69) is 21.8 Å². The number of ether oxygens (including phenoxy) is 3. The number of rotatable bonds is 8. The van der Waals surface area contributed by atoms with E-state index in [1.54, 1.807) is 7.11 Å². The fourth-order valence-electron chi connectivity index (χ4n) is 4.90. The van der Waals surface area contributed by atoms with Crippen LogP contribution in [0.3, 0.4) is 0 Å². The first-order chi connectivity index (χ1) is 15.4. The van der Waals surface area contributed by atoms with Gasteiger partial charge < -0.3 is 19.1 Å². The number of nitrogens with zero attached hydrogens (tertiary/aromatic N) is 1. The van der Waals surface area contributed by atoms with Crippen molar-refractivity contribution in [2.45, 2.75) is 43.9 Å². The zero-order valence-corrected chi connectivity index (χ0v) is 18.4. The predicted molar refractivity (Wildman–Crippen MR) is 116 cm³/mol. The third kappa shape index (κ3) is 5.68. The summed E-state index contributed by atoms with van der Waals surface area (Å²) in [5, 5.41) is 0. The lowest BCUT2D eigenvalue weighted by Crippen LogP contribution is -2.49. The average Bonchev–Trinajstić information content (AvgIpc) is 2.75. The molecule has 32 heavy (non-hydrogen) atoms. The topological polar surface area (TPSA) is 30.9 Å². The van der Waals surface area contributed by atoms with Crippen LogP contribution in [0.5, 0.6) is 17.2 Å². The van der Waals surface area contributed by atoms with Crippen molar-refractivity contribution in [2.75, 3.05) is 33.4 Å². The third-order valence-corrected chi connectivity index (χ3v) is 6.69. The molecule has 1 aliphatic carbocycles. The molecule has 0 amide bonds. The monoisotopic (exact) mass is 449 g/mol. The number of benzene rings is 2. The lowest BCUT2D eigenvalue weighted by Gasteiger charge is -2.47. The lowest BCUT2D eigenvalue weighted by molar-refractivity contribution is -0.274. The first-order valence-corrected chi connectivity index (χ1v) is 11.2. The summed E-state index contributed by atoms with van der Waals surface area (Å²) in [6.07, 6.45) is 1.23. The summed E-state index contributed by atoms with van der Waals surface area (Å²) < 4.78 is 52.0. The van der Waals surface area contributed by atoms with Crippen LogP contribution in [0.15, 0.2) is 48.5 Å². The largest absolute Gasteiger partial charge is 0.573 e. The molecule has 2 aromatic carbocycles. The van der Waals surface area contributed by atoms with Gasteiger partial charge in [-0.3, -0.25) is 0 Å². The molecule has 0 spiro atoms. The number of piperidine rings is 1. The summed E-state index contributed by atoms with van der Waals surface area (Å²) >= 11 is 0. The Morgan fingerprint density at radius 2 is 1.59 bits per heavy atom. The second-order valence-corrected chi connectivity index (χ2v) is 8.94. The van der Waals surface area contributed by atoms with Gasteiger partial charge in [-0.25, -0.2) is 0 Å². The molecule has 174 valence electrons. The van der Waals surface area contributed by atoms with Crippen molar-refractivity contribution in [2.24, 2.45) is 5.92 Å². The average molecular weight is 450 g/mol. The van der Waals surface area contributed by atoms with Crippen molar-refractivity contribution in [1.82, 2.24) is 4.90 Å². The second kappa shape index (κ2) is 9.61. The van der Waals surface area contributed by atoms with Crippen LogP contribution >= 0.6 is 0 Å². The molecule has 2 aromatic rings. The number of likely N-dealkylation sites (tertiary alicyclic amines) is 1. The van der Waals surface area contributed by atoms with E-state index in [4.69, 9.17) is 9.47 Å². The van der Waals surface area contributed by atoms with Crippen molar-refractivity contribution < 1.29 is 27.4 Å². The van der Waals surface area contributed by atoms with Gasteiger partial charge in [0.15, 0.2) is 0 Å². The number of alkyl halides is 3. The molecular formula is C25H30F3NO3. The fraction of sp³-hybridized carbons (Fsp3) is 0.520. The van der Waals surface area contributed by atoms with Gasteiger partial charge in [0.05, 0.1) is 13.7 Å². The van der Waals surface area contributed by atoms with Crippen LogP contribution in [0, 0.1) is 5.92 Å². The van der Waals surface area contributed by atoms with Gasteiger partial charge in [0.25, 0.3) is 0 Å². The minimum absolute atomic E-state index is 0.226. The summed E-state index contributed by atoms with van der Waals surface area (Å²) in [6.45, 7) is 3.69. The maximum Gasteiger partial charge on any atom is 0.573 e. The maximum absolute atomic E-state index is 12.3. The van der Waals surface area contributed by atoms with E-state index in [0.717, 1.165) is 38.2 Å². The molecule has 0 radical (unpaired) electrons. The first-order valence-electron chi connectivity index (χ1n) is 11.2. The van der Waals surface area contributed by atoms with Gasteiger partial charge in [-0.05, 0) is 74.2 Å². The number of hydrogen-bond donors (Lipinski definition) is 0. The van der Waals surface area contributed by atoms with Gasteiger partial charge in [-0.2, -0.15) is 0 Å². The van der Waals surface area contributed by atoms with E-state index in [1.165, 1.54) is 49.1 Å². The highest BCUT2D eigenvalue weighted by Crippen LogP contribution is 2.45. The predicted octanol–water partition coefficient (Wildman–Crippen LogP) is 5.81. The van der Waals surface area contributed by atoms with E-state index >= 15 is 0 Å². The SMILES string of the molecule is COc1ccc(C2(CN3CCC[C@@H](COc4ccc(OC(F)(F)F)cc4)C3)CCC2)cc1. The summed E-state index contributed by atoms with van der Waals surface area (Å²) in [6, 6.07) is 14.1. The Morgan fingerprint density at radius 3 is 2.19 bits per heavy atom. The molecule has 1 saturated carbocycles. The van der Waals surface area contributed by atoms with Crippen LogP contribution in [0.1, 0.15) is 37.7 Å². The minimum atomic E-state index is -4.68. The molecular weight excluding hydrogens is 419 g/mol. The summed E-state index contributed by atoms with van der Waals surface area (Å²) in [5.74, 6) is 1.61. The van der Waals surface area contributed by atoms with E-state index in [9.17, 15) is 13.2 Å². The molecule has 2 fully saturated rings. The molecule has 4 rings (SSSR count). The Balaban J connectivity index is 1.30. The van der Waals surface area contributed by atoms with Gasteiger partial charge in [0.2, 0.25) is 0 Å². The van der Waals surface area contributed by atoms with Crippen molar-refractivity contribution >= 4 is 0 Å². The molecule has 0 N–H and O–H groups in total. The number of methoxy groups -OCH3 is 1. The maximum atomic E-state index is 12.3. The summed E-state index contributed by atoms with van der Waals surface area (Å²) in [7, 11) is 1.69. The normalized spacial score (nSPS) is 20.9. The Morgan fingerprint density at radius 1 is 0.938 bits per heavy atom. The molecule has 1 atom stereocenters. The first kappa shape index (κ1) is 22.8. The van der Waals surface area contributed by atoms with Crippen molar-refractivity contribution in [1.29, 1.82) is 0 Å². The Kier molecular flexibility index (Phi) is 6.84. The second-order valence-electron chi connectivity index (χ2n) is 8.94. The van der Waals surface area contributed by atoms with Crippen LogP contribution in [0.2, 0.25) is 0 Å². The van der Waals surface area contributed by atoms with Crippen LogP contribution in [-0.2, 0) is 5.41 Å². The van der Waals surface area contributed by atoms with Gasteiger partial charge >= 0.3 is 6.36 Å². The van der Waals surface area contributed by atoms with Crippen LogP contribution < -0.4 is 14.2 Å². The van der Waals surface area contributed by atoms with Crippen LogP contribution in [0.25, 0.3) is 0 Å². The molecule has 1 saturated heterocycles. The smallest absolute Gasteiger partial charge is 0.497 e. The molecule has 1 aliphatic heterocycles. The molecule has 0 aromatic heterocycles. The van der Waals surface area contributed by atoms with Crippen molar-refractivity contribution in [3.8, 4) is 17.2 Å². The molecule has 2 aliphatic rings. The van der Waals surface area contributed by atoms with Gasteiger partial charge in [0.1, 0.15) is 17.2 Å². The molecule has 0 unspecified atom stereocenters. The van der Waals surface area contributed by atoms with Crippen LogP contribution in [-0.4, -0.2) is 44.6 Å². The van der Waals surface area contributed by atoms with Crippen molar-refractivity contribution in [3.63, 3.8) is 0 Å². The molecule has 0 bridgehead atoms. The standard InChI is InChI=1S/C25H30F3NO3/c1-30-21-7-5-20(6-8-21)24(13-3-14-24)18-29-15-2-4-19(16-29)17-31-22-9-11-23(12-10-22)32-25(26,27)28/h5-12,19H,2-4,13-18H2,1H3/t19-/m1/s1. The van der Waals surface area contributed by atoms with Crippen LogP contribution in [0.4, 0.5) is 13.2 Å². The highest BCUT2D eigenvalue weighted by molar-refractivity contribution is 5.34. The van der Waals surface area contributed by atoms with Gasteiger partial charge in [0, 0.05) is 24.4 Å².